The predicted octanol–water partition coefficient (Wildman–Crippen LogP) is 2.98. The minimum absolute atomic E-state index is 0.199. The van der Waals surface area contributed by atoms with Crippen LogP contribution in [0.3, 0.4) is 0 Å². The summed E-state index contributed by atoms with van der Waals surface area (Å²) in [6.45, 7) is 7.66. The van der Waals surface area contributed by atoms with Crippen LogP contribution in [0.1, 0.15) is 44.4 Å². The Bertz CT molecular complexity index is 563. The van der Waals surface area contributed by atoms with Gasteiger partial charge in [0, 0.05) is 6.54 Å². The lowest BCUT2D eigenvalue weighted by Crippen LogP contribution is -2.24. The highest BCUT2D eigenvalue weighted by molar-refractivity contribution is 5.34. The van der Waals surface area contributed by atoms with Gasteiger partial charge in [0.2, 0.25) is 5.95 Å². The molecule has 2 aromatic rings. The van der Waals surface area contributed by atoms with Gasteiger partial charge in [-0.2, -0.15) is 10.1 Å². The molecule has 3 rings (SSSR count). The van der Waals surface area contributed by atoms with E-state index in [4.69, 9.17) is 0 Å². The van der Waals surface area contributed by atoms with Gasteiger partial charge in [0.15, 0.2) is 0 Å². The smallest absolute Gasteiger partial charge is 0.221 e. The topological polar surface area (TPSA) is 42.7 Å². The maximum atomic E-state index is 4.33. The first-order valence-electron chi connectivity index (χ1n) is 6.79. The fraction of sp³-hybridized carbons (Fsp3) is 0.467. The Balaban J connectivity index is 1.93. The lowest BCUT2D eigenvalue weighted by molar-refractivity contribution is 0.479. The van der Waals surface area contributed by atoms with Crippen LogP contribution in [0.2, 0.25) is 0 Å². The summed E-state index contributed by atoms with van der Waals surface area (Å²) in [6, 6.07) is 9.21. The van der Waals surface area contributed by atoms with Crippen molar-refractivity contribution in [1.29, 1.82) is 0 Å². The van der Waals surface area contributed by atoms with E-state index >= 15 is 0 Å². The second-order valence-electron chi connectivity index (χ2n) is 6.13. The lowest BCUT2D eigenvalue weighted by atomic mass is 9.86. The molecule has 100 valence electrons. The summed E-state index contributed by atoms with van der Waals surface area (Å²) < 4.78 is 1.98. The number of nitrogens with one attached hydrogen (secondary N) is 1. The first-order valence-corrected chi connectivity index (χ1v) is 6.79. The van der Waals surface area contributed by atoms with Crippen LogP contribution in [0.25, 0.3) is 0 Å². The van der Waals surface area contributed by atoms with Crippen LogP contribution < -0.4 is 5.32 Å². The van der Waals surface area contributed by atoms with E-state index in [0.29, 0.717) is 6.04 Å². The molecule has 0 radical (unpaired) electrons. The van der Waals surface area contributed by atoms with Crippen LogP contribution in [0, 0.1) is 0 Å². The predicted molar refractivity (Wildman–Crippen MR) is 76.4 cm³/mol. The normalized spacial score (nSPS) is 18.8. The Hall–Kier alpha value is -1.84. The Kier molecular flexibility index (Phi) is 2.81. The van der Waals surface area contributed by atoms with Crippen molar-refractivity contribution in [2.24, 2.45) is 0 Å². The van der Waals surface area contributed by atoms with Gasteiger partial charge in [0.25, 0.3) is 0 Å². The molecule has 4 heteroatoms. The van der Waals surface area contributed by atoms with Crippen molar-refractivity contribution in [3.63, 3.8) is 0 Å². The third kappa shape index (κ3) is 2.23. The molecule has 2 heterocycles. The van der Waals surface area contributed by atoms with E-state index in [-0.39, 0.29) is 5.41 Å². The SMILES string of the molecule is CC(C)(C)c1ccc(C2CCNc3ncnn32)cc1. The molecule has 0 saturated carbocycles. The molecule has 0 fully saturated rings. The molecule has 1 unspecified atom stereocenters. The van der Waals surface area contributed by atoms with Crippen molar-refractivity contribution in [1.82, 2.24) is 14.8 Å². The number of hydrogen-bond donors (Lipinski definition) is 1. The van der Waals surface area contributed by atoms with Crippen LogP contribution in [-0.2, 0) is 5.41 Å². The van der Waals surface area contributed by atoms with Crippen molar-refractivity contribution in [3.05, 3.63) is 41.7 Å². The quantitative estimate of drug-likeness (QED) is 0.853. The number of benzene rings is 1. The van der Waals surface area contributed by atoms with Gasteiger partial charge in [-0.05, 0) is 23.0 Å². The molecule has 1 N–H and O–H groups in total. The van der Waals surface area contributed by atoms with E-state index in [1.54, 1.807) is 6.33 Å². The number of fused-ring (bicyclic) bond motifs is 1. The molecular formula is C15H20N4. The van der Waals surface area contributed by atoms with E-state index in [9.17, 15) is 0 Å². The van der Waals surface area contributed by atoms with Crippen molar-refractivity contribution in [3.8, 4) is 0 Å². The van der Waals surface area contributed by atoms with Crippen molar-refractivity contribution < 1.29 is 0 Å². The fourth-order valence-electron chi connectivity index (χ4n) is 2.56. The minimum Gasteiger partial charge on any atom is -0.354 e. The second kappa shape index (κ2) is 4.37. The molecule has 1 atom stereocenters. The standard InChI is InChI=1S/C15H20N4/c1-15(2,3)12-6-4-11(5-7-12)13-8-9-16-14-17-10-18-19(13)14/h4-7,10,13H,8-9H2,1-3H3,(H,16,17,18). The van der Waals surface area contributed by atoms with E-state index in [1.807, 2.05) is 4.68 Å². The largest absolute Gasteiger partial charge is 0.354 e. The van der Waals surface area contributed by atoms with E-state index < -0.39 is 0 Å². The Morgan fingerprint density at radius 3 is 2.63 bits per heavy atom. The molecule has 0 aliphatic carbocycles. The molecule has 0 saturated heterocycles. The third-order valence-corrected chi connectivity index (χ3v) is 3.73. The van der Waals surface area contributed by atoms with Gasteiger partial charge in [-0.3, -0.25) is 0 Å². The molecule has 1 aliphatic heterocycles. The summed E-state index contributed by atoms with van der Waals surface area (Å²) in [5.41, 5.74) is 2.87. The number of rotatable bonds is 1. The van der Waals surface area contributed by atoms with Gasteiger partial charge in [0.05, 0.1) is 6.04 Å². The third-order valence-electron chi connectivity index (χ3n) is 3.73. The van der Waals surface area contributed by atoms with Gasteiger partial charge < -0.3 is 5.32 Å². The highest BCUT2D eigenvalue weighted by atomic mass is 15.4. The average molecular weight is 256 g/mol. The second-order valence-corrected chi connectivity index (χ2v) is 6.13. The Morgan fingerprint density at radius 2 is 1.95 bits per heavy atom. The Morgan fingerprint density at radius 1 is 1.21 bits per heavy atom. The van der Waals surface area contributed by atoms with E-state index in [1.165, 1.54) is 11.1 Å². The fourth-order valence-corrected chi connectivity index (χ4v) is 2.56. The van der Waals surface area contributed by atoms with Crippen LogP contribution in [-0.4, -0.2) is 21.3 Å². The summed E-state index contributed by atoms with van der Waals surface area (Å²) in [5, 5.41) is 7.60. The van der Waals surface area contributed by atoms with Crippen molar-refractivity contribution in [2.75, 3.05) is 11.9 Å². The summed E-state index contributed by atoms with van der Waals surface area (Å²) >= 11 is 0. The summed E-state index contributed by atoms with van der Waals surface area (Å²) in [7, 11) is 0. The van der Waals surface area contributed by atoms with Crippen LogP contribution in [0.5, 0.6) is 0 Å². The molecular weight excluding hydrogens is 236 g/mol. The maximum Gasteiger partial charge on any atom is 0.221 e. The number of hydrogen-bond acceptors (Lipinski definition) is 3. The monoisotopic (exact) mass is 256 g/mol. The van der Waals surface area contributed by atoms with Crippen LogP contribution >= 0.6 is 0 Å². The van der Waals surface area contributed by atoms with E-state index in [0.717, 1.165) is 18.9 Å². The van der Waals surface area contributed by atoms with Crippen LogP contribution in [0.4, 0.5) is 5.95 Å². The zero-order valence-corrected chi connectivity index (χ0v) is 11.7. The number of anilines is 1. The van der Waals surface area contributed by atoms with Crippen LogP contribution in [0.15, 0.2) is 30.6 Å². The average Bonchev–Trinajstić information content (AvgIpc) is 2.86. The Labute approximate surface area is 113 Å². The summed E-state index contributed by atoms with van der Waals surface area (Å²) in [4.78, 5) is 4.23. The highest BCUT2D eigenvalue weighted by Crippen LogP contribution is 2.29. The van der Waals surface area contributed by atoms with Gasteiger partial charge in [-0.1, -0.05) is 45.0 Å². The van der Waals surface area contributed by atoms with Crippen molar-refractivity contribution in [2.45, 2.75) is 38.6 Å². The highest BCUT2D eigenvalue weighted by Gasteiger charge is 2.23. The number of nitrogens with zero attached hydrogens (tertiary/aromatic N) is 3. The van der Waals surface area contributed by atoms with E-state index in [2.05, 4.69) is 60.4 Å². The van der Waals surface area contributed by atoms with Crippen molar-refractivity contribution >= 4 is 5.95 Å². The summed E-state index contributed by atoms with van der Waals surface area (Å²) in [5.74, 6) is 0.871. The van der Waals surface area contributed by atoms with Gasteiger partial charge in [0.1, 0.15) is 6.33 Å². The first-order chi connectivity index (χ1) is 9.05. The van der Waals surface area contributed by atoms with Gasteiger partial charge in [-0.15, -0.1) is 0 Å². The molecule has 1 aliphatic rings. The zero-order chi connectivity index (χ0) is 13.5. The molecule has 0 bridgehead atoms. The molecule has 4 nitrogen and oxygen atoms in total. The zero-order valence-electron chi connectivity index (χ0n) is 11.7. The van der Waals surface area contributed by atoms with Gasteiger partial charge in [-0.25, -0.2) is 4.68 Å². The molecule has 0 amide bonds. The molecule has 1 aromatic carbocycles. The lowest BCUT2D eigenvalue weighted by Gasteiger charge is -2.26. The maximum absolute atomic E-state index is 4.33. The minimum atomic E-state index is 0.199. The first kappa shape index (κ1) is 12.2. The van der Waals surface area contributed by atoms with Gasteiger partial charge >= 0.3 is 0 Å². The summed E-state index contributed by atoms with van der Waals surface area (Å²) in [6.07, 6.45) is 2.66. The molecule has 1 aromatic heterocycles. The molecule has 0 spiro atoms. The number of aromatic nitrogens is 3. The molecule has 19 heavy (non-hydrogen) atoms.